The van der Waals surface area contributed by atoms with E-state index in [1.165, 1.54) is 0 Å². The molecule has 0 aliphatic carbocycles. The Morgan fingerprint density at radius 1 is 0.724 bits per heavy atom. The molecular formula is C18H30B2N4O5. The smallest absolute Gasteiger partial charge is 0.226 e. The van der Waals surface area contributed by atoms with Crippen LogP contribution in [0.5, 0.6) is 0 Å². The molecule has 0 saturated heterocycles. The molecule has 0 bridgehead atoms. The molecule has 9 nitrogen and oxygen atoms in total. The monoisotopic (exact) mass is 404 g/mol. The third-order valence-corrected chi connectivity index (χ3v) is 4.24. The molecule has 0 aromatic heterocycles. The Bertz CT molecular complexity index is 542. The number of nitrogens with one attached hydrogen (secondary N) is 3. The molecule has 0 unspecified atom stereocenters. The Kier molecular flexibility index (Phi) is 15.3. The summed E-state index contributed by atoms with van der Waals surface area (Å²) < 4.78 is 0. The molecule has 0 aliphatic rings. The fraction of sp³-hybridized carbons (Fsp3) is 0.722. The maximum absolute atomic E-state index is 12.2. The van der Waals surface area contributed by atoms with E-state index >= 15 is 0 Å². The molecule has 4 radical (unpaired) electrons. The Labute approximate surface area is 175 Å². The fourth-order valence-corrected chi connectivity index (χ4v) is 2.51. The second-order valence-corrected chi connectivity index (χ2v) is 6.64. The lowest BCUT2D eigenvalue weighted by Gasteiger charge is -2.21. The highest BCUT2D eigenvalue weighted by molar-refractivity contribution is 6.15. The molecular weight excluding hydrogens is 374 g/mol. The standard InChI is InChI=1S/C18H30B2N4O5/c1-2-14(25)8-4-3-7-11-21-15(26)9-5-6-10-18(29)24(12-16(27)22-19)13-17(28)23-20/h2-13H2,1H3,(H,21,26)(H,22,27)(H,23,28). The highest BCUT2D eigenvalue weighted by atomic mass is 16.2. The summed E-state index contributed by atoms with van der Waals surface area (Å²) in [5.74, 6) is -1.46. The van der Waals surface area contributed by atoms with Crippen molar-refractivity contribution >= 4 is 45.4 Å². The number of Topliss-reactive ketones (excluding diaryl/α,β-unsaturated/α-hetero) is 1. The highest BCUT2D eigenvalue weighted by Crippen LogP contribution is 2.05. The molecule has 158 valence electrons. The molecule has 0 aromatic rings. The largest absolute Gasteiger partial charge is 0.408 e. The van der Waals surface area contributed by atoms with Crippen LogP contribution in [-0.2, 0) is 24.0 Å². The van der Waals surface area contributed by atoms with Gasteiger partial charge in [0.15, 0.2) is 0 Å². The molecule has 0 rings (SSSR count). The molecule has 0 heterocycles. The normalized spacial score (nSPS) is 10.1. The van der Waals surface area contributed by atoms with Crippen LogP contribution in [0.1, 0.15) is 64.7 Å². The van der Waals surface area contributed by atoms with Gasteiger partial charge in [0.2, 0.25) is 39.6 Å². The van der Waals surface area contributed by atoms with E-state index in [4.69, 9.17) is 16.0 Å². The van der Waals surface area contributed by atoms with E-state index in [-0.39, 0.29) is 37.6 Å². The molecule has 0 saturated carbocycles. The minimum absolute atomic E-state index is 0.0917. The number of hydrogen-bond donors (Lipinski definition) is 3. The van der Waals surface area contributed by atoms with E-state index in [0.717, 1.165) is 24.2 Å². The van der Waals surface area contributed by atoms with Crippen molar-refractivity contribution in [2.75, 3.05) is 19.6 Å². The van der Waals surface area contributed by atoms with Crippen molar-refractivity contribution in [3.8, 4) is 0 Å². The summed E-state index contributed by atoms with van der Waals surface area (Å²) >= 11 is 0. The third kappa shape index (κ3) is 14.3. The Hall–Kier alpha value is -2.32. The Morgan fingerprint density at radius 2 is 1.28 bits per heavy atom. The van der Waals surface area contributed by atoms with Gasteiger partial charge in [-0.1, -0.05) is 13.3 Å². The molecule has 3 N–H and O–H groups in total. The number of unbranched alkanes of at least 4 members (excludes halogenated alkanes) is 3. The van der Waals surface area contributed by atoms with Gasteiger partial charge < -0.3 is 20.7 Å². The number of carbonyl (C=O) groups is 5. The molecule has 0 spiro atoms. The van der Waals surface area contributed by atoms with E-state index in [1.807, 2.05) is 17.4 Å². The van der Waals surface area contributed by atoms with Crippen molar-refractivity contribution < 1.29 is 24.0 Å². The van der Waals surface area contributed by atoms with Crippen molar-refractivity contribution in [1.82, 2.24) is 20.7 Å². The van der Waals surface area contributed by atoms with Crippen LogP contribution in [0.2, 0.25) is 0 Å². The summed E-state index contributed by atoms with van der Waals surface area (Å²) in [6.07, 6.45) is 5.03. The van der Waals surface area contributed by atoms with Crippen LogP contribution in [0.15, 0.2) is 0 Å². The van der Waals surface area contributed by atoms with Gasteiger partial charge in [-0.2, -0.15) is 0 Å². The average molecular weight is 404 g/mol. The summed E-state index contributed by atoms with van der Waals surface area (Å²) in [6, 6.07) is 0. The van der Waals surface area contributed by atoms with E-state index in [0.29, 0.717) is 32.2 Å². The van der Waals surface area contributed by atoms with Gasteiger partial charge in [-0.25, -0.2) is 0 Å². The van der Waals surface area contributed by atoms with Gasteiger partial charge >= 0.3 is 0 Å². The summed E-state index contributed by atoms with van der Waals surface area (Å²) in [5, 5.41) is 6.61. The van der Waals surface area contributed by atoms with Crippen molar-refractivity contribution in [3.63, 3.8) is 0 Å². The molecule has 4 amide bonds. The Morgan fingerprint density at radius 3 is 1.83 bits per heavy atom. The van der Waals surface area contributed by atoms with Crippen LogP contribution in [0, 0.1) is 0 Å². The first kappa shape index (κ1) is 26.7. The number of amides is 4. The lowest BCUT2D eigenvalue weighted by molar-refractivity contribution is -0.138. The molecule has 29 heavy (non-hydrogen) atoms. The van der Waals surface area contributed by atoms with Gasteiger partial charge in [-0.3, -0.25) is 24.0 Å². The summed E-state index contributed by atoms with van der Waals surface area (Å²) in [6.45, 7) is 1.70. The topological polar surface area (TPSA) is 125 Å². The number of hydrogen-bond acceptors (Lipinski definition) is 5. The number of ketones is 1. The lowest BCUT2D eigenvalue weighted by atomic mass is 10.1. The van der Waals surface area contributed by atoms with Crippen molar-refractivity contribution in [2.24, 2.45) is 0 Å². The van der Waals surface area contributed by atoms with Gasteiger partial charge in [0.1, 0.15) is 5.78 Å². The van der Waals surface area contributed by atoms with Crippen molar-refractivity contribution in [1.29, 1.82) is 0 Å². The maximum Gasteiger partial charge on any atom is 0.226 e. The van der Waals surface area contributed by atoms with E-state index in [9.17, 15) is 24.0 Å². The first-order valence-electron chi connectivity index (χ1n) is 9.89. The minimum Gasteiger partial charge on any atom is -0.408 e. The van der Waals surface area contributed by atoms with Crippen LogP contribution in [0.4, 0.5) is 0 Å². The number of nitrogens with zero attached hydrogens (tertiary/aromatic N) is 1. The second kappa shape index (κ2) is 16.6. The summed E-state index contributed by atoms with van der Waals surface area (Å²) in [7, 11) is 10.0. The zero-order valence-corrected chi connectivity index (χ0v) is 17.1. The molecule has 0 aliphatic heterocycles. The first-order chi connectivity index (χ1) is 13.8. The first-order valence-corrected chi connectivity index (χ1v) is 9.89. The highest BCUT2D eigenvalue weighted by Gasteiger charge is 2.18. The van der Waals surface area contributed by atoms with Crippen LogP contribution < -0.4 is 15.8 Å². The molecule has 0 aromatic carbocycles. The zero-order valence-electron chi connectivity index (χ0n) is 17.1. The lowest BCUT2D eigenvalue weighted by Crippen LogP contribution is -2.45. The summed E-state index contributed by atoms with van der Waals surface area (Å²) in [4.78, 5) is 58.9. The van der Waals surface area contributed by atoms with E-state index < -0.39 is 17.7 Å². The second-order valence-electron chi connectivity index (χ2n) is 6.64. The van der Waals surface area contributed by atoms with Crippen molar-refractivity contribution in [3.05, 3.63) is 0 Å². The van der Waals surface area contributed by atoms with Crippen LogP contribution in [-0.4, -0.2) is 69.9 Å². The number of carbonyl (C=O) groups excluding carboxylic acids is 5. The van der Waals surface area contributed by atoms with Gasteiger partial charge in [0.05, 0.1) is 13.1 Å². The summed E-state index contributed by atoms with van der Waals surface area (Å²) in [5.41, 5.74) is 0. The van der Waals surface area contributed by atoms with Gasteiger partial charge in [0, 0.05) is 32.2 Å². The average Bonchev–Trinajstić information content (AvgIpc) is 2.72. The zero-order chi connectivity index (χ0) is 22.1. The SMILES string of the molecule is [B]NC(=O)CN(CC(=O)N[B])C(=O)CCCCC(=O)NCCCCCC(=O)CC. The van der Waals surface area contributed by atoms with Crippen LogP contribution in [0.3, 0.4) is 0 Å². The van der Waals surface area contributed by atoms with Crippen LogP contribution in [0.25, 0.3) is 0 Å². The quantitative estimate of drug-likeness (QED) is 0.235. The van der Waals surface area contributed by atoms with Crippen LogP contribution >= 0.6 is 0 Å². The predicted octanol–water partition coefficient (Wildman–Crippen LogP) is -0.569. The molecule has 0 fully saturated rings. The predicted molar refractivity (Wildman–Crippen MR) is 110 cm³/mol. The molecule has 0 atom stereocenters. The van der Waals surface area contributed by atoms with Crippen molar-refractivity contribution in [2.45, 2.75) is 64.7 Å². The van der Waals surface area contributed by atoms with Gasteiger partial charge in [-0.05, 0) is 25.7 Å². The fourth-order valence-electron chi connectivity index (χ4n) is 2.51. The maximum atomic E-state index is 12.2. The van der Waals surface area contributed by atoms with E-state index in [1.54, 1.807) is 0 Å². The van der Waals surface area contributed by atoms with E-state index in [2.05, 4.69) is 5.32 Å². The van der Waals surface area contributed by atoms with Gasteiger partial charge in [0.25, 0.3) is 0 Å². The molecule has 11 heteroatoms. The van der Waals surface area contributed by atoms with Gasteiger partial charge in [-0.15, -0.1) is 0 Å². The Balaban J connectivity index is 3.99. The third-order valence-electron chi connectivity index (χ3n) is 4.24. The minimum atomic E-state index is -0.610. The number of rotatable bonds is 16.